The molecule has 0 aromatic heterocycles. The van der Waals surface area contributed by atoms with Crippen LogP contribution in [0.1, 0.15) is 0 Å². The molecule has 0 heterocycles. The van der Waals surface area contributed by atoms with Crippen LogP contribution in [-0.4, -0.2) is 12.9 Å². The first-order valence-electron chi connectivity index (χ1n) is 1.25. The van der Waals surface area contributed by atoms with Crippen molar-refractivity contribution in [1.82, 2.24) is 0 Å². The van der Waals surface area contributed by atoms with Crippen LogP contribution in [0.4, 0.5) is 0 Å². The molecule has 0 bridgehead atoms. The topological polar surface area (TPSA) is 18.5 Å². The monoisotopic (exact) mass is 128 g/mol. The predicted molar refractivity (Wildman–Crippen MR) is 25.6 cm³/mol. The van der Waals surface area contributed by atoms with Crippen molar-refractivity contribution in [3.8, 4) is 0 Å². The molecule has 0 aliphatic rings. The van der Waals surface area contributed by atoms with Crippen molar-refractivity contribution in [3.63, 3.8) is 0 Å². The van der Waals surface area contributed by atoms with E-state index >= 15 is 0 Å². The van der Waals surface area contributed by atoms with Gasteiger partial charge in [-0.1, -0.05) is 0 Å². The van der Waals surface area contributed by atoms with Crippen molar-refractivity contribution in [1.29, 1.82) is 0 Å². The normalized spacial score (nSPS) is 8.50. The summed E-state index contributed by atoms with van der Waals surface area (Å²) in [5.74, 6) is -0.880. The Hall–Kier alpha value is 0.565. The maximum atomic E-state index is 5.00. The molecule has 36 valence electrons. The van der Waals surface area contributed by atoms with Gasteiger partial charge in [-0.15, -0.1) is 22.9 Å². The van der Waals surface area contributed by atoms with Crippen molar-refractivity contribution < 1.29 is 9.69 Å². The molecule has 0 spiro atoms. The van der Waals surface area contributed by atoms with Crippen molar-refractivity contribution in [3.05, 3.63) is 0 Å². The predicted octanol–water partition coefficient (Wildman–Crippen LogP) is 1.03. The highest BCUT2D eigenvalue weighted by molar-refractivity contribution is 7.30. The summed E-state index contributed by atoms with van der Waals surface area (Å²) in [6, 6.07) is 0. The van der Waals surface area contributed by atoms with Gasteiger partial charge in [-0.05, 0) is 0 Å². The van der Waals surface area contributed by atoms with Gasteiger partial charge in [0.2, 0.25) is 0 Å². The Bertz CT molecular complexity index is 32.7. The first-order valence-corrected chi connectivity index (χ1v) is 2.12. The molecular formula is CH3BCl2O2. The minimum absolute atomic E-state index is 0.880. The van der Waals surface area contributed by atoms with Crippen LogP contribution >= 0.6 is 22.9 Å². The maximum Gasteiger partial charge on any atom is 0.539 e. The fourth-order valence-corrected chi connectivity index (χ4v) is 0.218. The molecule has 0 unspecified atom stereocenters. The molecule has 0 amide bonds. The lowest BCUT2D eigenvalue weighted by Crippen LogP contribution is -1.98. The maximum absolute atomic E-state index is 5.00. The van der Waals surface area contributed by atoms with Crippen LogP contribution in [0.3, 0.4) is 0 Å². The minimum Gasteiger partial charge on any atom is -0.260 e. The fourth-order valence-electron chi connectivity index (χ4n) is 0.0727. The van der Waals surface area contributed by atoms with E-state index in [1.54, 1.807) is 0 Å². The smallest absolute Gasteiger partial charge is 0.260 e. The summed E-state index contributed by atoms with van der Waals surface area (Å²) in [6.45, 7) is 0. The molecule has 0 atom stereocenters. The lowest BCUT2D eigenvalue weighted by Gasteiger charge is -1.90. The van der Waals surface area contributed by atoms with Gasteiger partial charge in [-0.2, -0.15) is 0 Å². The fraction of sp³-hybridized carbons (Fsp3) is 1.00. The molecule has 0 radical (unpaired) electrons. The van der Waals surface area contributed by atoms with Gasteiger partial charge in [0.25, 0.3) is 0 Å². The van der Waals surface area contributed by atoms with Crippen molar-refractivity contribution in [2.45, 2.75) is 0 Å². The second-order valence-corrected chi connectivity index (χ2v) is 1.54. The van der Waals surface area contributed by atoms with Crippen LogP contribution in [0.25, 0.3) is 0 Å². The molecule has 6 heavy (non-hydrogen) atoms. The molecule has 0 aromatic carbocycles. The summed E-state index contributed by atoms with van der Waals surface area (Å²) < 4.78 is 0. The number of hydrogen-bond acceptors (Lipinski definition) is 2. The van der Waals surface area contributed by atoms with E-state index in [0.717, 1.165) is 0 Å². The SMILES string of the molecule is COOB(Cl)Cl. The standard InChI is InChI=1S/CH3BCl2O2/c1-5-6-2(3)4/h1H3. The molecule has 0 aromatic rings. The molecule has 0 N–H and O–H groups in total. The van der Waals surface area contributed by atoms with E-state index in [9.17, 15) is 0 Å². The minimum atomic E-state index is -0.880. The average molecular weight is 129 g/mol. The zero-order valence-corrected chi connectivity index (χ0v) is 4.66. The lowest BCUT2D eigenvalue weighted by molar-refractivity contribution is -0.178. The average Bonchev–Trinajstić information content (AvgIpc) is 1.35. The molecule has 0 saturated carbocycles. The summed E-state index contributed by atoms with van der Waals surface area (Å²) in [7, 11) is 1.33. The first-order chi connectivity index (χ1) is 2.77. The van der Waals surface area contributed by atoms with Crippen LogP contribution in [0, 0.1) is 0 Å². The molecule has 5 heteroatoms. The van der Waals surface area contributed by atoms with Crippen LogP contribution in [0.15, 0.2) is 0 Å². The van der Waals surface area contributed by atoms with E-state index in [0.29, 0.717) is 0 Å². The molecule has 0 aliphatic carbocycles. The van der Waals surface area contributed by atoms with Crippen molar-refractivity contribution in [2.24, 2.45) is 0 Å². The van der Waals surface area contributed by atoms with E-state index < -0.39 is 5.75 Å². The molecule has 2 nitrogen and oxygen atoms in total. The second-order valence-electron chi connectivity index (χ2n) is 0.524. The summed E-state index contributed by atoms with van der Waals surface area (Å²) in [6.07, 6.45) is 0. The van der Waals surface area contributed by atoms with Gasteiger partial charge in [0, 0.05) is 0 Å². The second kappa shape index (κ2) is 3.74. The molecular weight excluding hydrogens is 126 g/mol. The van der Waals surface area contributed by atoms with Gasteiger partial charge in [-0.25, -0.2) is 0 Å². The Kier molecular flexibility index (Phi) is 4.10. The Morgan fingerprint density at radius 1 is 1.50 bits per heavy atom. The van der Waals surface area contributed by atoms with Crippen LogP contribution < -0.4 is 0 Å². The van der Waals surface area contributed by atoms with E-state index in [-0.39, 0.29) is 0 Å². The van der Waals surface area contributed by atoms with Crippen LogP contribution in [0.5, 0.6) is 0 Å². The van der Waals surface area contributed by atoms with Gasteiger partial charge in [-0.3, -0.25) is 9.69 Å². The van der Waals surface area contributed by atoms with Gasteiger partial charge in [0.1, 0.15) is 0 Å². The largest absolute Gasteiger partial charge is 0.539 e. The lowest BCUT2D eigenvalue weighted by atomic mass is 10.5. The van der Waals surface area contributed by atoms with E-state index in [1.165, 1.54) is 7.11 Å². The molecule has 0 rings (SSSR count). The van der Waals surface area contributed by atoms with E-state index in [4.69, 9.17) is 22.9 Å². The quantitative estimate of drug-likeness (QED) is 0.314. The summed E-state index contributed by atoms with van der Waals surface area (Å²) in [4.78, 5) is 8.11. The summed E-state index contributed by atoms with van der Waals surface area (Å²) >= 11 is 9.99. The number of rotatable bonds is 2. The Morgan fingerprint density at radius 2 is 2.00 bits per heavy atom. The Labute approximate surface area is 46.2 Å². The third-order valence-corrected chi connectivity index (χ3v) is 0.314. The highest BCUT2D eigenvalue weighted by atomic mass is 35.5. The molecule has 0 saturated heterocycles. The Morgan fingerprint density at radius 3 is 2.00 bits per heavy atom. The summed E-state index contributed by atoms with van der Waals surface area (Å²) in [5, 5.41) is 0. The molecule has 0 aliphatic heterocycles. The highest BCUT2D eigenvalue weighted by Gasteiger charge is 2.04. The van der Waals surface area contributed by atoms with Gasteiger partial charge < -0.3 is 0 Å². The molecule has 0 fully saturated rings. The van der Waals surface area contributed by atoms with E-state index in [1.807, 2.05) is 0 Å². The van der Waals surface area contributed by atoms with Gasteiger partial charge in [0.15, 0.2) is 0 Å². The zero-order valence-electron chi connectivity index (χ0n) is 3.15. The third-order valence-electron chi connectivity index (χ3n) is 0.169. The van der Waals surface area contributed by atoms with E-state index in [2.05, 4.69) is 9.69 Å². The van der Waals surface area contributed by atoms with Crippen molar-refractivity contribution in [2.75, 3.05) is 7.11 Å². The first kappa shape index (κ1) is 6.56. The van der Waals surface area contributed by atoms with Crippen molar-refractivity contribution >= 4 is 28.7 Å². The number of halogens is 2. The highest BCUT2D eigenvalue weighted by Crippen LogP contribution is 1.95. The van der Waals surface area contributed by atoms with Crippen LogP contribution in [-0.2, 0) is 9.69 Å². The summed E-state index contributed by atoms with van der Waals surface area (Å²) in [5.41, 5.74) is 0. The van der Waals surface area contributed by atoms with Gasteiger partial charge in [0.05, 0.1) is 7.11 Å². The van der Waals surface area contributed by atoms with Gasteiger partial charge >= 0.3 is 5.75 Å². The number of hydrogen-bond donors (Lipinski definition) is 0. The zero-order chi connectivity index (χ0) is 4.99. The van der Waals surface area contributed by atoms with Crippen LogP contribution in [0.2, 0.25) is 0 Å². The Balaban J connectivity index is 2.63. The third kappa shape index (κ3) is 4.56.